The van der Waals surface area contributed by atoms with Crippen LogP contribution < -0.4 is 0 Å². The summed E-state index contributed by atoms with van der Waals surface area (Å²) >= 11 is 0. The monoisotopic (exact) mass is 267 g/mol. The molecule has 106 valence electrons. The van der Waals surface area contributed by atoms with Gasteiger partial charge in [0, 0.05) is 12.1 Å². The molecule has 0 saturated heterocycles. The van der Waals surface area contributed by atoms with Gasteiger partial charge in [-0.1, -0.05) is 41.5 Å². The minimum atomic E-state index is -0.0324. The quantitative estimate of drug-likeness (QED) is 0.646. The lowest BCUT2D eigenvalue weighted by Crippen LogP contribution is -2.10. The fourth-order valence-corrected chi connectivity index (χ4v) is 2.54. The van der Waals surface area contributed by atoms with E-state index in [-0.39, 0.29) is 5.54 Å². The zero-order valence-corrected chi connectivity index (χ0v) is 13.5. The molecule has 0 radical (unpaired) electrons. The van der Waals surface area contributed by atoms with Gasteiger partial charge >= 0.3 is 0 Å². The molecule has 0 saturated carbocycles. The van der Waals surface area contributed by atoms with Crippen LogP contribution in [0.1, 0.15) is 58.6 Å². The summed E-state index contributed by atoms with van der Waals surface area (Å²) in [5.41, 5.74) is 6.83. The summed E-state index contributed by atoms with van der Waals surface area (Å²) in [6, 6.07) is 8.59. The van der Waals surface area contributed by atoms with Crippen molar-refractivity contribution in [2.24, 2.45) is 4.99 Å². The molecule has 2 rings (SSSR count). The van der Waals surface area contributed by atoms with E-state index >= 15 is 0 Å². The van der Waals surface area contributed by atoms with Gasteiger partial charge in [0.05, 0.1) is 5.54 Å². The highest BCUT2D eigenvalue weighted by Gasteiger charge is 2.21. The number of allylic oxidation sites excluding steroid dienone is 4. The number of rotatable bonds is 2. The van der Waals surface area contributed by atoms with Gasteiger partial charge in [-0.05, 0) is 58.2 Å². The maximum absolute atomic E-state index is 4.66. The summed E-state index contributed by atoms with van der Waals surface area (Å²) in [7, 11) is 0. The van der Waals surface area contributed by atoms with E-state index in [2.05, 4.69) is 76.9 Å². The van der Waals surface area contributed by atoms with Crippen molar-refractivity contribution < 1.29 is 0 Å². The van der Waals surface area contributed by atoms with Crippen LogP contribution in [0.25, 0.3) is 0 Å². The topological polar surface area (TPSA) is 12.4 Å². The van der Waals surface area contributed by atoms with E-state index < -0.39 is 0 Å². The van der Waals surface area contributed by atoms with Crippen molar-refractivity contribution in [2.45, 2.75) is 53.0 Å². The highest BCUT2D eigenvalue weighted by molar-refractivity contribution is 5.83. The second kappa shape index (κ2) is 5.40. The highest BCUT2D eigenvalue weighted by Crippen LogP contribution is 2.38. The van der Waals surface area contributed by atoms with Crippen molar-refractivity contribution in [3.63, 3.8) is 0 Å². The largest absolute Gasteiger partial charge is 0.287 e. The molecule has 0 aromatic heterocycles. The molecule has 1 aliphatic carbocycles. The molecule has 0 N–H and O–H groups in total. The molecular formula is C19H25N. The van der Waals surface area contributed by atoms with Crippen LogP contribution >= 0.6 is 0 Å². The van der Waals surface area contributed by atoms with E-state index in [9.17, 15) is 0 Å². The molecule has 1 aliphatic rings. The van der Waals surface area contributed by atoms with Gasteiger partial charge in [-0.25, -0.2) is 0 Å². The van der Waals surface area contributed by atoms with Gasteiger partial charge in [-0.2, -0.15) is 0 Å². The molecule has 1 atom stereocenters. The van der Waals surface area contributed by atoms with Crippen LogP contribution in [0.15, 0.2) is 52.1 Å². The van der Waals surface area contributed by atoms with Crippen LogP contribution in [-0.2, 0) is 0 Å². The third-order valence-electron chi connectivity index (χ3n) is 3.99. The maximum Gasteiger partial charge on any atom is 0.0524 e. The van der Waals surface area contributed by atoms with Crippen LogP contribution in [0, 0.1) is 0 Å². The van der Waals surface area contributed by atoms with Crippen LogP contribution in [0.5, 0.6) is 0 Å². The Bertz CT molecular complexity index is 594. The van der Waals surface area contributed by atoms with Gasteiger partial charge in [0.25, 0.3) is 0 Å². The van der Waals surface area contributed by atoms with Crippen molar-refractivity contribution >= 4 is 6.21 Å². The van der Waals surface area contributed by atoms with Gasteiger partial charge in [-0.3, -0.25) is 4.99 Å². The molecule has 1 nitrogen and oxygen atoms in total. The van der Waals surface area contributed by atoms with Crippen molar-refractivity contribution in [3.8, 4) is 0 Å². The Morgan fingerprint density at radius 1 is 1.05 bits per heavy atom. The van der Waals surface area contributed by atoms with Gasteiger partial charge in [-0.15, -0.1) is 0 Å². The van der Waals surface area contributed by atoms with Crippen LogP contribution in [0.2, 0.25) is 0 Å². The maximum atomic E-state index is 4.66. The number of aliphatic imine (C=N–C) groups is 1. The first-order chi connectivity index (χ1) is 9.29. The van der Waals surface area contributed by atoms with E-state index in [1.165, 1.54) is 27.8 Å². The van der Waals surface area contributed by atoms with Crippen molar-refractivity contribution in [1.82, 2.24) is 0 Å². The summed E-state index contributed by atoms with van der Waals surface area (Å²) in [6.07, 6.45) is 4.40. The fourth-order valence-electron chi connectivity index (χ4n) is 2.54. The average Bonchev–Trinajstić information content (AvgIpc) is 2.64. The summed E-state index contributed by atoms with van der Waals surface area (Å²) in [5, 5.41) is 0. The molecule has 0 heterocycles. The van der Waals surface area contributed by atoms with Crippen LogP contribution in [0.4, 0.5) is 0 Å². The van der Waals surface area contributed by atoms with Crippen molar-refractivity contribution in [2.75, 3.05) is 0 Å². The predicted octanol–water partition coefficient (Wildman–Crippen LogP) is 5.28. The Morgan fingerprint density at radius 3 is 2.25 bits per heavy atom. The second-order valence-corrected chi connectivity index (χ2v) is 6.69. The van der Waals surface area contributed by atoms with E-state index in [0.29, 0.717) is 5.92 Å². The minimum absolute atomic E-state index is 0.0324. The molecule has 1 unspecified atom stereocenters. The van der Waals surface area contributed by atoms with Gasteiger partial charge < -0.3 is 0 Å². The normalized spacial score (nSPS) is 19.9. The molecule has 1 heteroatoms. The first-order valence-corrected chi connectivity index (χ1v) is 7.30. The molecule has 0 aliphatic heterocycles. The van der Waals surface area contributed by atoms with Gasteiger partial charge in [0.2, 0.25) is 0 Å². The standard InChI is InChI=1S/C19H25N/c1-13-11-18(15(3)14(13)2)17-10-8-7-9-16(17)12-20-19(4,5)6/h7-12,18H,1-6H3. The van der Waals surface area contributed by atoms with Gasteiger partial charge in [0.15, 0.2) is 0 Å². The Morgan fingerprint density at radius 2 is 1.70 bits per heavy atom. The smallest absolute Gasteiger partial charge is 0.0524 e. The lowest BCUT2D eigenvalue weighted by atomic mass is 9.90. The summed E-state index contributed by atoms with van der Waals surface area (Å²) < 4.78 is 0. The Labute approximate surface area is 123 Å². The number of nitrogens with zero attached hydrogens (tertiary/aromatic N) is 1. The SMILES string of the molecule is CC1=CC(c2ccccc2C=NC(C)(C)C)C(C)=C1C. The fraction of sp³-hybridized carbons (Fsp3) is 0.421. The first kappa shape index (κ1) is 14.8. The third-order valence-corrected chi connectivity index (χ3v) is 3.99. The molecular weight excluding hydrogens is 242 g/mol. The molecule has 20 heavy (non-hydrogen) atoms. The van der Waals surface area contributed by atoms with Crippen molar-refractivity contribution in [3.05, 3.63) is 58.2 Å². The van der Waals surface area contributed by atoms with E-state index in [0.717, 1.165) is 0 Å². The van der Waals surface area contributed by atoms with E-state index in [4.69, 9.17) is 0 Å². The zero-order valence-electron chi connectivity index (χ0n) is 13.5. The lowest BCUT2D eigenvalue weighted by Gasteiger charge is -2.16. The molecule has 0 fully saturated rings. The van der Waals surface area contributed by atoms with Gasteiger partial charge in [0.1, 0.15) is 0 Å². The summed E-state index contributed by atoms with van der Waals surface area (Å²) in [4.78, 5) is 4.66. The Balaban J connectivity index is 2.43. The van der Waals surface area contributed by atoms with Crippen molar-refractivity contribution in [1.29, 1.82) is 0 Å². The molecule has 0 bridgehead atoms. The van der Waals surface area contributed by atoms with E-state index in [1.807, 2.05) is 6.21 Å². The molecule has 1 aromatic rings. The zero-order chi connectivity index (χ0) is 14.9. The Hall–Kier alpha value is -1.63. The second-order valence-electron chi connectivity index (χ2n) is 6.69. The number of hydrogen-bond acceptors (Lipinski definition) is 1. The molecule has 0 amide bonds. The molecule has 1 aromatic carbocycles. The van der Waals surface area contributed by atoms with E-state index in [1.54, 1.807) is 0 Å². The number of benzene rings is 1. The molecule has 0 spiro atoms. The van der Waals surface area contributed by atoms with Crippen LogP contribution in [0.3, 0.4) is 0 Å². The average molecular weight is 267 g/mol. The lowest BCUT2D eigenvalue weighted by molar-refractivity contribution is 0.586. The predicted molar refractivity (Wildman–Crippen MR) is 88.7 cm³/mol. The Kier molecular flexibility index (Phi) is 3.99. The van der Waals surface area contributed by atoms with Crippen LogP contribution in [-0.4, -0.2) is 11.8 Å². The number of hydrogen-bond donors (Lipinski definition) is 0. The summed E-state index contributed by atoms with van der Waals surface area (Å²) in [6.45, 7) is 13.0. The summed E-state index contributed by atoms with van der Waals surface area (Å²) in [5.74, 6) is 0.401. The highest BCUT2D eigenvalue weighted by atomic mass is 14.8. The minimum Gasteiger partial charge on any atom is -0.287 e. The first-order valence-electron chi connectivity index (χ1n) is 7.30. The third kappa shape index (κ3) is 3.09.